The molecule has 0 aliphatic heterocycles. The van der Waals surface area contributed by atoms with Crippen molar-refractivity contribution in [3.05, 3.63) is 36.4 Å². The first-order valence-corrected chi connectivity index (χ1v) is 5.67. The lowest BCUT2D eigenvalue weighted by atomic mass is 10.3. The Balaban J connectivity index is 3.23. The Morgan fingerprint density at radius 1 is 1.38 bits per heavy atom. The van der Waals surface area contributed by atoms with E-state index in [4.69, 9.17) is 4.74 Å². The summed E-state index contributed by atoms with van der Waals surface area (Å²) in [5.41, 5.74) is 0. The van der Waals surface area contributed by atoms with Crippen LogP contribution in [0.25, 0.3) is 0 Å². The van der Waals surface area contributed by atoms with Crippen molar-refractivity contribution in [1.82, 2.24) is 0 Å². The fourth-order valence-electron chi connectivity index (χ4n) is 0.994. The molecule has 0 saturated carbocycles. The second kappa shape index (κ2) is 4.58. The number of hydrogen-bond donors (Lipinski definition) is 1. The molecule has 0 heterocycles. The summed E-state index contributed by atoms with van der Waals surface area (Å²) in [7, 11) is -4.28. The van der Waals surface area contributed by atoms with Crippen molar-refractivity contribution in [3.8, 4) is 5.75 Å². The minimum absolute atomic E-state index is 0.0227. The molecule has 4 nitrogen and oxygen atoms in total. The Hall–Kier alpha value is -1.47. The van der Waals surface area contributed by atoms with E-state index in [-0.39, 0.29) is 6.61 Å². The van der Waals surface area contributed by atoms with Crippen molar-refractivity contribution in [2.45, 2.75) is 4.90 Å². The van der Waals surface area contributed by atoms with Crippen molar-refractivity contribution in [2.24, 2.45) is 5.14 Å². The van der Waals surface area contributed by atoms with Crippen LogP contribution in [0.4, 0.5) is 8.78 Å². The number of benzene rings is 1. The Morgan fingerprint density at radius 2 is 2.00 bits per heavy atom. The molecule has 0 spiro atoms. The molecule has 0 aliphatic rings. The largest absolute Gasteiger partial charge is 0.486 e. The molecule has 0 aromatic heterocycles. The van der Waals surface area contributed by atoms with E-state index in [1.54, 1.807) is 0 Å². The standard InChI is InChI=1S/C9H9F2NO3S/c1-2-5-15-6-3-4-7(16(12,13)14)9(11)8(6)10/h2-4H,1,5H2,(H2,12,13,14). The molecule has 0 amide bonds. The van der Waals surface area contributed by atoms with E-state index < -0.39 is 32.3 Å². The topological polar surface area (TPSA) is 69.4 Å². The van der Waals surface area contributed by atoms with Crippen LogP contribution in [-0.2, 0) is 10.0 Å². The smallest absolute Gasteiger partial charge is 0.241 e. The number of ether oxygens (including phenoxy) is 1. The van der Waals surface area contributed by atoms with Gasteiger partial charge in [-0.1, -0.05) is 12.7 Å². The Labute approximate surface area is 91.4 Å². The third kappa shape index (κ3) is 2.56. The lowest BCUT2D eigenvalue weighted by Gasteiger charge is -2.07. The van der Waals surface area contributed by atoms with E-state index in [1.807, 2.05) is 0 Å². The maximum absolute atomic E-state index is 13.3. The van der Waals surface area contributed by atoms with Gasteiger partial charge < -0.3 is 4.74 Å². The van der Waals surface area contributed by atoms with Crippen molar-refractivity contribution in [3.63, 3.8) is 0 Å². The Bertz CT molecular complexity index is 514. The predicted octanol–water partition coefficient (Wildman–Crippen LogP) is 1.18. The molecule has 1 aromatic carbocycles. The van der Waals surface area contributed by atoms with E-state index in [0.717, 1.165) is 12.1 Å². The van der Waals surface area contributed by atoms with Crippen LogP contribution in [0.15, 0.2) is 29.7 Å². The lowest BCUT2D eigenvalue weighted by molar-refractivity contribution is 0.330. The number of halogens is 2. The molecular formula is C9H9F2NO3S. The summed E-state index contributed by atoms with van der Waals surface area (Å²) in [6.45, 7) is 3.30. The normalized spacial score (nSPS) is 11.2. The summed E-state index contributed by atoms with van der Waals surface area (Å²) in [6.07, 6.45) is 1.34. The van der Waals surface area contributed by atoms with Gasteiger partial charge in [0.15, 0.2) is 11.6 Å². The average Bonchev–Trinajstić information content (AvgIpc) is 2.18. The van der Waals surface area contributed by atoms with Crippen molar-refractivity contribution in [1.29, 1.82) is 0 Å². The van der Waals surface area contributed by atoms with Crippen molar-refractivity contribution < 1.29 is 21.9 Å². The average molecular weight is 249 g/mol. The highest BCUT2D eigenvalue weighted by Gasteiger charge is 2.21. The highest BCUT2D eigenvalue weighted by molar-refractivity contribution is 7.89. The maximum Gasteiger partial charge on any atom is 0.241 e. The van der Waals surface area contributed by atoms with Crippen molar-refractivity contribution >= 4 is 10.0 Å². The predicted molar refractivity (Wildman–Crippen MR) is 53.4 cm³/mol. The zero-order valence-electron chi connectivity index (χ0n) is 8.11. The Kier molecular flexibility index (Phi) is 3.61. The van der Waals surface area contributed by atoms with Crippen LogP contribution in [0, 0.1) is 11.6 Å². The molecule has 0 atom stereocenters. The van der Waals surface area contributed by atoms with Gasteiger partial charge in [0.2, 0.25) is 15.8 Å². The van der Waals surface area contributed by atoms with E-state index in [0.29, 0.717) is 0 Å². The molecule has 1 aromatic rings. The summed E-state index contributed by atoms with van der Waals surface area (Å²) >= 11 is 0. The van der Waals surface area contributed by atoms with Gasteiger partial charge in [-0.25, -0.2) is 17.9 Å². The second-order valence-electron chi connectivity index (χ2n) is 2.83. The van der Waals surface area contributed by atoms with Gasteiger partial charge in [-0.15, -0.1) is 0 Å². The van der Waals surface area contributed by atoms with Crippen LogP contribution < -0.4 is 9.88 Å². The highest BCUT2D eigenvalue weighted by atomic mass is 32.2. The van der Waals surface area contributed by atoms with E-state index in [1.165, 1.54) is 6.08 Å². The summed E-state index contributed by atoms with van der Waals surface area (Å²) < 4.78 is 53.0. The zero-order chi connectivity index (χ0) is 12.3. The van der Waals surface area contributed by atoms with Gasteiger partial charge in [0.25, 0.3) is 0 Å². The number of hydrogen-bond acceptors (Lipinski definition) is 3. The van der Waals surface area contributed by atoms with Crippen LogP contribution in [0.1, 0.15) is 0 Å². The Morgan fingerprint density at radius 3 is 2.50 bits per heavy atom. The van der Waals surface area contributed by atoms with Gasteiger partial charge in [0, 0.05) is 0 Å². The van der Waals surface area contributed by atoms with Crippen LogP contribution in [0.2, 0.25) is 0 Å². The van der Waals surface area contributed by atoms with Gasteiger partial charge in [0.1, 0.15) is 11.5 Å². The molecule has 0 aliphatic carbocycles. The molecule has 0 bridgehead atoms. The third-order valence-corrected chi connectivity index (χ3v) is 2.60. The highest BCUT2D eigenvalue weighted by Crippen LogP contribution is 2.24. The molecule has 88 valence electrons. The molecule has 7 heteroatoms. The number of primary sulfonamides is 1. The minimum atomic E-state index is -4.28. The van der Waals surface area contributed by atoms with E-state index >= 15 is 0 Å². The number of rotatable bonds is 4. The van der Waals surface area contributed by atoms with Gasteiger partial charge in [-0.2, -0.15) is 4.39 Å². The molecule has 1 rings (SSSR count). The number of sulfonamides is 1. The summed E-state index contributed by atoms with van der Waals surface area (Å²) in [5.74, 6) is -3.35. The van der Waals surface area contributed by atoms with Crippen molar-refractivity contribution in [2.75, 3.05) is 6.61 Å². The SMILES string of the molecule is C=CCOc1ccc(S(N)(=O)=O)c(F)c1F. The third-order valence-electron chi connectivity index (χ3n) is 1.67. The summed E-state index contributed by atoms with van der Waals surface area (Å²) in [4.78, 5) is -0.907. The van der Waals surface area contributed by atoms with Crippen LogP contribution >= 0.6 is 0 Å². The van der Waals surface area contributed by atoms with E-state index in [2.05, 4.69) is 11.7 Å². The first kappa shape index (κ1) is 12.6. The quantitative estimate of drug-likeness (QED) is 0.814. The molecule has 0 radical (unpaired) electrons. The van der Waals surface area contributed by atoms with Gasteiger partial charge in [-0.3, -0.25) is 0 Å². The molecule has 0 unspecified atom stereocenters. The second-order valence-corrected chi connectivity index (χ2v) is 4.36. The zero-order valence-corrected chi connectivity index (χ0v) is 8.93. The minimum Gasteiger partial charge on any atom is -0.486 e. The molecular weight excluding hydrogens is 240 g/mol. The number of nitrogens with two attached hydrogens (primary N) is 1. The summed E-state index contributed by atoms with van der Waals surface area (Å²) in [6, 6.07) is 1.83. The van der Waals surface area contributed by atoms with Crippen LogP contribution in [0.5, 0.6) is 5.75 Å². The molecule has 16 heavy (non-hydrogen) atoms. The first-order valence-electron chi connectivity index (χ1n) is 4.12. The monoisotopic (exact) mass is 249 g/mol. The van der Waals surface area contributed by atoms with Gasteiger partial charge in [0.05, 0.1) is 0 Å². The van der Waals surface area contributed by atoms with Crippen LogP contribution in [0.3, 0.4) is 0 Å². The maximum atomic E-state index is 13.3. The van der Waals surface area contributed by atoms with Gasteiger partial charge in [-0.05, 0) is 12.1 Å². The van der Waals surface area contributed by atoms with E-state index in [9.17, 15) is 17.2 Å². The lowest BCUT2D eigenvalue weighted by Crippen LogP contribution is -2.15. The first-order chi connectivity index (χ1) is 7.38. The molecule has 2 N–H and O–H groups in total. The fourth-order valence-corrected chi connectivity index (χ4v) is 1.59. The molecule has 0 saturated heterocycles. The summed E-state index contributed by atoms with van der Waals surface area (Å²) in [5, 5.41) is 4.69. The van der Waals surface area contributed by atoms with Gasteiger partial charge >= 0.3 is 0 Å². The molecule has 0 fully saturated rings. The van der Waals surface area contributed by atoms with Crippen LogP contribution in [-0.4, -0.2) is 15.0 Å². The fraction of sp³-hybridized carbons (Fsp3) is 0.111.